The van der Waals surface area contributed by atoms with E-state index in [0.29, 0.717) is 25.7 Å². The van der Waals surface area contributed by atoms with Crippen LogP contribution in [0, 0.1) is 5.92 Å². The van der Waals surface area contributed by atoms with Crippen LogP contribution >= 0.6 is 0 Å². The first-order valence-electron chi connectivity index (χ1n) is 6.92. The van der Waals surface area contributed by atoms with Crippen LogP contribution in [0.25, 0.3) is 0 Å². The molecule has 1 fully saturated rings. The average molecular weight is 246 g/mol. The Morgan fingerprint density at radius 1 is 1.47 bits per heavy atom. The Kier molecular flexibility index (Phi) is 5.87. The van der Waals surface area contributed by atoms with Gasteiger partial charge in [0.25, 0.3) is 0 Å². The third-order valence-corrected chi connectivity index (χ3v) is 4.19. The van der Waals surface area contributed by atoms with Crippen molar-refractivity contribution in [2.45, 2.75) is 76.7 Å². The molecule has 0 aromatic carbocycles. The fourth-order valence-corrected chi connectivity index (χ4v) is 2.85. The first-order chi connectivity index (χ1) is 8.02. The lowest BCUT2D eigenvalue weighted by atomic mass is 9.73. The molecule has 0 aromatic heterocycles. The van der Waals surface area contributed by atoms with Crippen molar-refractivity contribution in [3.63, 3.8) is 0 Å². The lowest BCUT2D eigenvalue weighted by Crippen LogP contribution is -2.43. The fourth-order valence-electron chi connectivity index (χ4n) is 2.85. The fraction of sp³-hybridized carbons (Fsp3) is 1.00. The van der Waals surface area contributed by atoms with E-state index < -0.39 is 11.8 Å². The number of hydrogen-bond donors (Lipinski definition) is 1. The van der Waals surface area contributed by atoms with Crippen LogP contribution in [0.1, 0.15) is 58.8 Å². The molecule has 4 atom stereocenters. The van der Waals surface area contributed by atoms with Crippen LogP contribution in [0.5, 0.6) is 0 Å². The molecule has 1 aliphatic rings. The number of aliphatic hydroxyl groups excluding tert-OH is 1. The first-order valence-corrected chi connectivity index (χ1v) is 6.92. The van der Waals surface area contributed by atoms with E-state index in [9.17, 15) is 9.50 Å². The largest absolute Gasteiger partial charge is 0.393 e. The van der Waals surface area contributed by atoms with Crippen LogP contribution < -0.4 is 0 Å². The molecule has 0 aliphatic heterocycles. The third kappa shape index (κ3) is 4.22. The molecule has 0 amide bonds. The smallest absolute Gasteiger partial charge is 0.111 e. The molecule has 1 N–H and O–H groups in total. The van der Waals surface area contributed by atoms with Gasteiger partial charge in [-0.3, -0.25) is 0 Å². The Morgan fingerprint density at radius 3 is 2.76 bits per heavy atom. The summed E-state index contributed by atoms with van der Waals surface area (Å²) in [6.07, 6.45) is 4.87. The van der Waals surface area contributed by atoms with Gasteiger partial charge in [-0.25, -0.2) is 4.39 Å². The molecule has 102 valence electrons. The minimum absolute atomic E-state index is 0.0552. The highest BCUT2D eigenvalue weighted by molar-refractivity contribution is 4.92. The molecule has 0 radical (unpaired) electrons. The summed E-state index contributed by atoms with van der Waals surface area (Å²) in [5.74, 6) is -0.0552. The molecular weight excluding hydrogens is 219 g/mol. The van der Waals surface area contributed by atoms with Gasteiger partial charge in [-0.2, -0.15) is 0 Å². The quantitative estimate of drug-likeness (QED) is 0.727. The van der Waals surface area contributed by atoms with Gasteiger partial charge in [-0.1, -0.05) is 26.2 Å². The van der Waals surface area contributed by atoms with Gasteiger partial charge < -0.3 is 9.84 Å². The van der Waals surface area contributed by atoms with Gasteiger partial charge in [0.15, 0.2) is 0 Å². The van der Waals surface area contributed by atoms with E-state index in [0.717, 1.165) is 19.3 Å². The maximum atomic E-state index is 14.6. The van der Waals surface area contributed by atoms with Gasteiger partial charge in [0.05, 0.1) is 12.2 Å². The van der Waals surface area contributed by atoms with Gasteiger partial charge in [0, 0.05) is 13.0 Å². The minimum atomic E-state index is -1.08. The van der Waals surface area contributed by atoms with E-state index in [1.54, 1.807) is 7.11 Å². The van der Waals surface area contributed by atoms with Crippen LogP contribution in [0.3, 0.4) is 0 Å². The highest BCUT2D eigenvalue weighted by atomic mass is 19.1. The number of aliphatic hydroxyl groups is 1. The van der Waals surface area contributed by atoms with Crippen molar-refractivity contribution in [2.24, 2.45) is 5.92 Å². The molecule has 0 spiro atoms. The molecule has 2 nitrogen and oxygen atoms in total. The van der Waals surface area contributed by atoms with E-state index in [-0.39, 0.29) is 12.0 Å². The summed E-state index contributed by atoms with van der Waals surface area (Å²) in [5.41, 5.74) is -1.08. The lowest BCUT2D eigenvalue weighted by molar-refractivity contribution is -0.0733. The van der Waals surface area contributed by atoms with E-state index in [1.807, 2.05) is 6.92 Å². The van der Waals surface area contributed by atoms with Crippen molar-refractivity contribution >= 4 is 0 Å². The summed E-state index contributed by atoms with van der Waals surface area (Å²) >= 11 is 0. The van der Waals surface area contributed by atoms with Crippen LogP contribution in [0.4, 0.5) is 4.39 Å². The van der Waals surface area contributed by atoms with E-state index in [4.69, 9.17) is 4.74 Å². The topological polar surface area (TPSA) is 29.5 Å². The maximum Gasteiger partial charge on any atom is 0.111 e. The molecule has 17 heavy (non-hydrogen) atoms. The zero-order valence-electron chi connectivity index (χ0n) is 11.4. The number of unbranched alkanes of at least 4 members (excludes halogenated alkanes) is 2. The SMILES string of the molecule is CCCCCC1(F)CCC(O)C(C(C)OC)C1. The highest BCUT2D eigenvalue weighted by Crippen LogP contribution is 2.41. The third-order valence-electron chi connectivity index (χ3n) is 4.19. The summed E-state index contributed by atoms with van der Waals surface area (Å²) < 4.78 is 19.9. The summed E-state index contributed by atoms with van der Waals surface area (Å²) in [5, 5.41) is 9.93. The maximum absolute atomic E-state index is 14.6. The molecule has 3 heteroatoms. The predicted molar refractivity (Wildman–Crippen MR) is 67.8 cm³/mol. The summed E-state index contributed by atoms with van der Waals surface area (Å²) in [6, 6.07) is 0. The van der Waals surface area contributed by atoms with Gasteiger partial charge >= 0.3 is 0 Å². The standard InChI is InChI=1S/C14H27FO2/c1-4-5-6-8-14(15)9-7-13(16)12(10-14)11(2)17-3/h11-13,16H,4-10H2,1-3H3. The van der Waals surface area contributed by atoms with Crippen LogP contribution in [-0.2, 0) is 4.74 Å². The zero-order valence-corrected chi connectivity index (χ0v) is 11.4. The number of alkyl halides is 1. The lowest BCUT2D eigenvalue weighted by Gasteiger charge is -2.40. The molecule has 1 rings (SSSR count). The second-order valence-corrected chi connectivity index (χ2v) is 5.52. The number of rotatable bonds is 6. The predicted octanol–water partition coefficient (Wildman–Crippen LogP) is 3.47. The molecule has 4 unspecified atom stereocenters. The molecule has 1 saturated carbocycles. The summed E-state index contributed by atoms with van der Waals surface area (Å²) in [7, 11) is 1.63. The van der Waals surface area contributed by atoms with E-state index in [1.165, 1.54) is 0 Å². The first kappa shape index (κ1) is 14.9. The van der Waals surface area contributed by atoms with Gasteiger partial charge in [-0.05, 0) is 32.6 Å². The highest BCUT2D eigenvalue weighted by Gasteiger charge is 2.42. The van der Waals surface area contributed by atoms with Crippen LogP contribution in [-0.4, -0.2) is 30.1 Å². The normalized spacial score (nSPS) is 35.8. The monoisotopic (exact) mass is 246 g/mol. The van der Waals surface area contributed by atoms with Crippen molar-refractivity contribution in [2.75, 3.05) is 7.11 Å². The van der Waals surface area contributed by atoms with Crippen molar-refractivity contribution < 1.29 is 14.2 Å². The Morgan fingerprint density at radius 2 is 2.18 bits per heavy atom. The van der Waals surface area contributed by atoms with Gasteiger partial charge in [0.1, 0.15) is 5.67 Å². The van der Waals surface area contributed by atoms with Gasteiger partial charge in [0.2, 0.25) is 0 Å². The van der Waals surface area contributed by atoms with Crippen molar-refractivity contribution in [3.05, 3.63) is 0 Å². The number of hydrogen-bond acceptors (Lipinski definition) is 2. The van der Waals surface area contributed by atoms with Crippen molar-refractivity contribution in [1.82, 2.24) is 0 Å². The molecule has 0 aromatic rings. The Hall–Kier alpha value is -0.150. The number of ether oxygens (including phenoxy) is 1. The minimum Gasteiger partial charge on any atom is -0.393 e. The van der Waals surface area contributed by atoms with Crippen LogP contribution in [0.2, 0.25) is 0 Å². The summed E-state index contributed by atoms with van der Waals surface area (Å²) in [6.45, 7) is 4.05. The van der Waals surface area contributed by atoms with Crippen LogP contribution in [0.15, 0.2) is 0 Å². The molecular formula is C14H27FO2. The number of halogens is 1. The van der Waals surface area contributed by atoms with Gasteiger partial charge in [-0.15, -0.1) is 0 Å². The van der Waals surface area contributed by atoms with E-state index in [2.05, 4.69) is 6.92 Å². The van der Waals surface area contributed by atoms with Crippen molar-refractivity contribution in [1.29, 1.82) is 0 Å². The second-order valence-electron chi connectivity index (χ2n) is 5.52. The average Bonchev–Trinajstić information content (AvgIpc) is 2.32. The zero-order chi connectivity index (χ0) is 12.9. The Bertz CT molecular complexity index is 218. The number of methoxy groups -OCH3 is 1. The van der Waals surface area contributed by atoms with E-state index >= 15 is 0 Å². The Balaban J connectivity index is 2.52. The molecule has 0 bridgehead atoms. The molecule has 0 heterocycles. The molecule has 0 saturated heterocycles. The van der Waals surface area contributed by atoms with Crippen molar-refractivity contribution in [3.8, 4) is 0 Å². The Labute approximate surface area is 105 Å². The second kappa shape index (κ2) is 6.69. The molecule has 1 aliphatic carbocycles. The summed E-state index contributed by atoms with van der Waals surface area (Å²) in [4.78, 5) is 0.